The number of hydrogen-bond donors (Lipinski definition) is 1. The topological polar surface area (TPSA) is 183 Å². The number of carbonyl (C=O) groups is 2. The minimum Gasteiger partial charge on any atom is -0.466 e. The Morgan fingerprint density at radius 3 is 1.59 bits per heavy atom. The molecule has 13 nitrogen and oxygen atoms in total. The normalized spacial score (nSPS) is 11.3. The average molecular weight is 423 g/mol. The first-order valence-electron chi connectivity index (χ1n) is 9.45. The lowest BCUT2D eigenvalue weighted by molar-refractivity contribution is -0.757. The summed E-state index contributed by atoms with van der Waals surface area (Å²) in [4.78, 5) is 51.6. The van der Waals surface area contributed by atoms with Crippen molar-refractivity contribution in [2.45, 2.75) is 63.8 Å². The lowest BCUT2D eigenvalue weighted by atomic mass is 10.2. The number of esters is 2. The standard InChI is InChI=1S/C16H29N3O10/c17-14(16(21)27-10-6-2-4-8-12-29-19(24)25)13-15(20)26-9-5-1-3-7-11-28-18(22)23/h14H,1-13,17H2. The van der Waals surface area contributed by atoms with Gasteiger partial charge in [-0.2, -0.15) is 0 Å². The molecule has 0 fully saturated rings. The van der Waals surface area contributed by atoms with Crippen molar-refractivity contribution in [3.05, 3.63) is 20.2 Å². The summed E-state index contributed by atoms with van der Waals surface area (Å²) in [5, 5.41) is 18.2. The van der Waals surface area contributed by atoms with Gasteiger partial charge in [-0.1, -0.05) is 12.8 Å². The minimum absolute atomic E-state index is 0.0375. The van der Waals surface area contributed by atoms with E-state index in [1.54, 1.807) is 0 Å². The van der Waals surface area contributed by atoms with Gasteiger partial charge < -0.3 is 24.9 Å². The van der Waals surface area contributed by atoms with E-state index in [1.807, 2.05) is 0 Å². The average Bonchev–Trinajstić information content (AvgIpc) is 2.65. The number of carbonyl (C=O) groups excluding carboxylic acids is 2. The molecule has 0 aliphatic heterocycles. The monoisotopic (exact) mass is 423 g/mol. The lowest BCUT2D eigenvalue weighted by Crippen LogP contribution is -2.35. The van der Waals surface area contributed by atoms with Crippen LogP contribution < -0.4 is 5.73 Å². The molecule has 0 aromatic rings. The smallest absolute Gasteiger partial charge is 0.323 e. The van der Waals surface area contributed by atoms with Crippen LogP contribution in [0.15, 0.2) is 0 Å². The first-order valence-corrected chi connectivity index (χ1v) is 9.45. The maximum absolute atomic E-state index is 11.7. The molecule has 0 aliphatic carbocycles. The van der Waals surface area contributed by atoms with Gasteiger partial charge in [-0.05, 0) is 38.5 Å². The van der Waals surface area contributed by atoms with Gasteiger partial charge in [-0.15, -0.1) is 20.2 Å². The van der Waals surface area contributed by atoms with Crippen molar-refractivity contribution < 1.29 is 38.9 Å². The van der Waals surface area contributed by atoms with E-state index in [4.69, 9.17) is 15.2 Å². The molecule has 1 unspecified atom stereocenters. The molecule has 0 spiro atoms. The summed E-state index contributed by atoms with van der Waals surface area (Å²) in [5.74, 6) is -1.29. The lowest BCUT2D eigenvalue weighted by Gasteiger charge is -2.11. The largest absolute Gasteiger partial charge is 0.466 e. The molecule has 0 aliphatic rings. The molecule has 0 aromatic heterocycles. The summed E-state index contributed by atoms with van der Waals surface area (Å²) in [6, 6.07) is -1.10. The first kappa shape index (κ1) is 26.3. The summed E-state index contributed by atoms with van der Waals surface area (Å²) in [5.41, 5.74) is 5.61. The van der Waals surface area contributed by atoms with Crippen LogP contribution in [0, 0.1) is 20.2 Å². The molecule has 0 amide bonds. The number of unbranched alkanes of at least 4 members (excludes halogenated alkanes) is 6. The molecule has 0 saturated heterocycles. The van der Waals surface area contributed by atoms with Crippen LogP contribution in [-0.2, 0) is 28.7 Å². The van der Waals surface area contributed by atoms with Crippen LogP contribution in [0.2, 0.25) is 0 Å². The molecule has 13 heteroatoms. The second-order valence-electron chi connectivity index (χ2n) is 6.14. The Morgan fingerprint density at radius 1 is 0.724 bits per heavy atom. The van der Waals surface area contributed by atoms with Gasteiger partial charge in [-0.3, -0.25) is 9.59 Å². The van der Waals surface area contributed by atoms with Crippen LogP contribution in [0.5, 0.6) is 0 Å². The highest BCUT2D eigenvalue weighted by Crippen LogP contribution is 2.04. The van der Waals surface area contributed by atoms with Crippen molar-refractivity contribution in [1.29, 1.82) is 0 Å². The van der Waals surface area contributed by atoms with E-state index < -0.39 is 28.2 Å². The van der Waals surface area contributed by atoms with E-state index >= 15 is 0 Å². The Hall–Kier alpha value is -2.70. The summed E-state index contributed by atoms with van der Waals surface area (Å²) >= 11 is 0. The summed E-state index contributed by atoms with van der Waals surface area (Å²) in [6.45, 7) is 0.407. The maximum Gasteiger partial charge on any atom is 0.323 e. The Kier molecular flexibility index (Phi) is 15.8. The van der Waals surface area contributed by atoms with Crippen LogP contribution in [0.3, 0.4) is 0 Å². The van der Waals surface area contributed by atoms with Gasteiger partial charge in [0, 0.05) is 0 Å². The van der Waals surface area contributed by atoms with Crippen LogP contribution >= 0.6 is 0 Å². The number of ether oxygens (including phenoxy) is 2. The van der Waals surface area contributed by atoms with Gasteiger partial charge in [0.05, 0.1) is 32.8 Å². The third-order valence-electron chi connectivity index (χ3n) is 3.67. The van der Waals surface area contributed by atoms with E-state index in [-0.39, 0.29) is 32.8 Å². The second-order valence-corrected chi connectivity index (χ2v) is 6.14. The molecule has 2 N–H and O–H groups in total. The fraction of sp³-hybridized carbons (Fsp3) is 0.875. The maximum atomic E-state index is 11.7. The summed E-state index contributed by atoms with van der Waals surface area (Å²) in [7, 11) is 0. The number of nitrogens with zero attached hydrogens (tertiary/aromatic N) is 2. The molecule has 0 bridgehead atoms. The van der Waals surface area contributed by atoms with Gasteiger partial charge in [0.25, 0.3) is 10.2 Å². The van der Waals surface area contributed by atoms with Crippen LogP contribution in [0.4, 0.5) is 0 Å². The molecular weight excluding hydrogens is 394 g/mol. The third kappa shape index (κ3) is 18.4. The second kappa shape index (κ2) is 17.4. The Balaban J connectivity index is 3.57. The van der Waals surface area contributed by atoms with Gasteiger partial charge in [0.2, 0.25) is 0 Å². The zero-order chi connectivity index (χ0) is 21.9. The molecule has 0 heterocycles. The number of hydrogen-bond acceptors (Lipinski definition) is 11. The van der Waals surface area contributed by atoms with Gasteiger partial charge in [0.1, 0.15) is 6.04 Å². The van der Waals surface area contributed by atoms with E-state index in [1.165, 1.54) is 0 Å². The van der Waals surface area contributed by atoms with Gasteiger partial charge >= 0.3 is 11.9 Å². The Labute approximate surface area is 168 Å². The van der Waals surface area contributed by atoms with Crippen LogP contribution in [0.1, 0.15) is 57.8 Å². The highest BCUT2D eigenvalue weighted by atomic mass is 17.0. The summed E-state index contributed by atoms with van der Waals surface area (Å²) in [6.07, 6.45) is 4.81. The van der Waals surface area contributed by atoms with Crippen LogP contribution in [0.25, 0.3) is 0 Å². The van der Waals surface area contributed by atoms with Gasteiger partial charge in [0.15, 0.2) is 0 Å². The first-order chi connectivity index (χ1) is 13.8. The highest BCUT2D eigenvalue weighted by Gasteiger charge is 2.19. The van der Waals surface area contributed by atoms with Gasteiger partial charge in [-0.25, -0.2) is 0 Å². The molecule has 0 radical (unpaired) electrons. The Morgan fingerprint density at radius 2 is 1.14 bits per heavy atom. The molecule has 29 heavy (non-hydrogen) atoms. The van der Waals surface area contributed by atoms with E-state index in [0.29, 0.717) is 44.9 Å². The fourth-order valence-electron chi connectivity index (χ4n) is 2.18. The molecule has 1 atom stereocenters. The SMILES string of the molecule is NC(CC(=O)OCCCCCCO[N+](=O)[O-])C(=O)OCCCCCCO[N+](=O)[O-]. The van der Waals surface area contributed by atoms with Crippen LogP contribution in [-0.4, -0.2) is 54.6 Å². The Bertz CT molecular complexity index is 503. The fourth-order valence-corrected chi connectivity index (χ4v) is 2.18. The zero-order valence-electron chi connectivity index (χ0n) is 16.3. The highest BCUT2D eigenvalue weighted by molar-refractivity contribution is 5.82. The van der Waals surface area contributed by atoms with Crippen molar-refractivity contribution in [1.82, 2.24) is 0 Å². The van der Waals surface area contributed by atoms with Crippen molar-refractivity contribution in [2.24, 2.45) is 5.73 Å². The predicted octanol–water partition coefficient (Wildman–Crippen LogP) is 1.33. The molecule has 168 valence electrons. The molecular formula is C16H29N3O10. The number of rotatable bonds is 19. The van der Waals surface area contributed by atoms with Crippen molar-refractivity contribution >= 4 is 11.9 Å². The molecule has 0 aromatic carbocycles. The quantitative estimate of drug-likeness (QED) is 0.137. The number of nitrogens with two attached hydrogens (primary N) is 1. The predicted molar refractivity (Wildman–Crippen MR) is 97.3 cm³/mol. The zero-order valence-corrected chi connectivity index (χ0v) is 16.3. The summed E-state index contributed by atoms with van der Waals surface area (Å²) < 4.78 is 9.95. The van der Waals surface area contributed by atoms with Crippen molar-refractivity contribution in [3.8, 4) is 0 Å². The van der Waals surface area contributed by atoms with Crippen molar-refractivity contribution in [2.75, 3.05) is 26.4 Å². The molecule has 0 saturated carbocycles. The van der Waals surface area contributed by atoms with E-state index in [0.717, 1.165) is 6.42 Å². The van der Waals surface area contributed by atoms with E-state index in [9.17, 15) is 29.8 Å². The van der Waals surface area contributed by atoms with Crippen molar-refractivity contribution in [3.63, 3.8) is 0 Å². The third-order valence-corrected chi connectivity index (χ3v) is 3.67. The minimum atomic E-state index is -1.10. The molecule has 0 rings (SSSR count). The van der Waals surface area contributed by atoms with E-state index in [2.05, 4.69) is 9.68 Å².